The number of aliphatic hydroxyl groups is 1. The molecule has 5 atom stereocenters. The number of aromatic nitrogens is 2. The number of H-pyrrole nitrogens is 1. The van der Waals surface area contributed by atoms with Crippen LogP contribution in [0.3, 0.4) is 0 Å². The summed E-state index contributed by atoms with van der Waals surface area (Å²) in [5.41, 5.74) is 7.21. The average Bonchev–Trinajstić information content (AvgIpc) is 2.96. The van der Waals surface area contributed by atoms with E-state index in [4.69, 9.17) is 19.7 Å². The van der Waals surface area contributed by atoms with Gasteiger partial charge in [-0.15, -0.1) is 0 Å². The van der Waals surface area contributed by atoms with E-state index in [1.807, 2.05) is 0 Å². The molecule has 0 amide bonds. The quantitative estimate of drug-likeness (QED) is 0.421. The normalized spacial score (nSPS) is 32.2. The van der Waals surface area contributed by atoms with Crippen molar-refractivity contribution in [1.29, 1.82) is 0 Å². The Kier molecular flexibility index (Phi) is 4.28. The molecular formula is C12H14BrN5O6. The second kappa shape index (κ2) is 5.99. The molecule has 12 heteroatoms. The fraction of sp³-hybridized carbons (Fsp3) is 0.667. The number of azide groups is 1. The summed E-state index contributed by atoms with van der Waals surface area (Å²) in [5.74, 6) is -0.977. The number of hydrogen-bond acceptors (Lipinski definition) is 7. The Morgan fingerprint density at radius 3 is 2.79 bits per heavy atom. The summed E-state index contributed by atoms with van der Waals surface area (Å²) in [6.07, 6.45) is -3.78. The Labute approximate surface area is 142 Å². The first-order valence-corrected chi connectivity index (χ1v) is 7.77. The van der Waals surface area contributed by atoms with Crippen molar-refractivity contribution in [3.05, 3.63) is 42.0 Å². The van der Waals surface area contributed by atoms with Crippen LogP contribution in [-0.4, -0.2) is 45.0 Å². The molecule has 0 saturated carbocycles. The minimum absolute atomic E-state index is 0.125. The van der Waals surface area contributed by atoms with E-state index in [9.17, 15) is 14.7 Å². The number of nitrogens with zero attached hydrogens (tertiary/aromatic N) is 4. The number of ether oxygens (including phenoxy) is 3. The van der Waals surface area contributed by atoms with Crippen LogP contribution >= 0.6 is 15.9 Å². The fourth-order valence-corrected chi connectivity index (χ4v) is 3.16. The third-order valence-electron chi connectivity index (χ3n) is 3.73. The van der Waals surface area contributed by atoms with E-state index < -0.39 is 47.8 Å². The molecule has 2 saturated heterocycles. The highest BCUT2D eigenvalue weighted by Crippen LogP contribution is 2.43. The maximum Gasteiger partial charge on any atom is 0.330 e. The molecule has 3 heterocycles. The summed E-state index contributed by atoms with van der Waals surface area (Å²) in [6.45, 7) is 3.34. The van der Waals surface area contributed by atoms with Crippen molar-refractivity contribution in [3.8, 4) is 0 Å². The molecule has 24 heavy (non-hydrogen) atoms. The van der Waals surface area contributed by atoms with E-state index >= 15 is 0 Å². The molecule has 0 radical (unpaired) electrons. The van der Waals surface area contributed by atoms with Crippen LogP contribution in [0, 0.1) is 0 Å². The van der Waals surface area contributed by atoms with Gasteiger partial charge < -0.3 is 19.3 Å². The minimum atomic E-state index is -1.52. The van der Waals surface area contributed by atoms with Gasteiger partial charge in [0.25, 0.3) is 5.56 Å². The number of aromatic amines is 1. The maximum atomic E-state index is 12.1. The largest absolute Gasteiger partial charge is 0.384 e. The molecule has 0 aliphatic carbocycles. The molecule has 2 aliphatic rings. The van der Waals surface area contributed by atoms with Crippen molar-refractivity contribution in [2.24, 2.45) is 5.11 Å². The van der Waals surface area contributed by atoms with Crippen LogP contribution in [0.1, 0.15) is 20.1 Å². The molecule has 130 valence electrons. The van der Waals surface area contributed by atoms with E-state index in [2.05, 4.69) is 30.9 Å². The Hall–Kier alpha value is -1.69. The predicted octanol–water partition coefficient (Wildman–Crippen LogP) is 0.345. The molecule has 11 nitrogen and oxygen atoms in total. The Morgan fingerprint density at radius 1 is 1.46 bits per heavy atom. The molecule has 2 N–H and O–H groups in total. The molecule has 2 fully saturated rings. The van der Waals surface area contributed by atoms with E-state index in [0.29, 0.717) is 0 Å². The van der Waals surface area contributed by atoms with Crippen molar-refractivity contribution in [2.75, 3.05) is 0 Å². The van der Waals surface area contributed by atoms with E-state index in [1.165, 1.54) is 6.20 Å². The highest BCUT2D eigenvalue weighted by Gasteiger charge is 2.57. The number of hydrogen-bond donors (Lipinski definition) is 2. The molecular weight excluding hydrogens is 390 g/mol. The summed E-state index contributed by atoms with van der Waals surface area (Å²) in [7, 11) is 0. The van der Waals surface area contributed by atoms with Gasteiger partial charge in [-0.3, -0.25) is 14.3 Å². The Balaban J connectivity index is 2.03. The summed E-state index contributed by atoms with van der Waals surface area (Å²) >= 11 is 3.04. The monoisotopic (exact) mass is 403 g/mol. The first kappa shape index (κ1) is 17.1. The van der Waals surface area contributed by atoms with Crippen LogP contribution in [0.4, 0.5) is 0 Å². The first-order valence-electron chi connectivity index (χ1n) is 6.98. The van der Waals surface area contributed by atoms with Gasteiger partial charge in [0.15, 0.2) is 18.2 Å². The zero-order chi connectivity index (χ0) is 17.6. The number of halogens is 1. The van der Waals surface area contributed by atoms with Crippen LogP contribution in [0.5, 0.6) is 0 Å². The minimum Gasteiger partial charge on any atom is -0.384 e. The molecule has 1 unspecified atom stereocenters. The smallest absolute Gasteiger partial charge is 0.330 e. The lowest BCUT2D eigenvalue weighted by molar-refractivity contribution is -0.207. The van der Waals surface area contributed by atoms with Gasteiger partial charge in [0.2, 0.25) is 0 Å². The zero-order valence-electron chi connectivity index (χ0n) is 12.6. The van der Waals surface area contributed by atoms with Crippen molar-refractivity contribution in [1.82, 2.24) is 9.55 Å². The van der Waals surface area contributed by atoms with Gasteiger partial charge >= 0.3 is 5.69 Å². The predicted molar refractivity (Wildman–Crippen MR) is 81.9 cm³/mol. The lowest BCUT2D eigenvalue weighted by Crippen LogP contribution is -2.37. The molecule has 0 spiro atoms. The van der Waals surface area contributed by atoms with Gasteiger partial charge in [-0.05, 0) is 35.3 Å². The fourth-order valence-electron chi connectivity index (χ4n) is 2.84. The lowest BCUT2D eigenvalue weighted by atomic mass is 10.1. The molecule has 3 rings (SSSR count). The summed E-state index contributed by atoms with van der Waals surface area (Å²) < 4.78 is 18.4. The second-order valence-corrected chi connectivity index (χ2v) is 6.67. The van der Waals surface area contributed by atoms with E-state index in [-0.39, 0.29) is 4.47 Å². The van der Waals surface area contributed by atoms with Gasteiger partial charge in [0.05, 0.1) is 4.47 Å². The number of fused-ring (bicyclic) bond motifs is 1. The third kappa shape index (κ3) is 2.88. The van der Waals surface area contributed by atoms with Gasteiger partial charge in [0, 0.05) is 11.1 Å². The van der Waals surface area contributed by atoms with Gasteiger partial charge in [-0.1, -0.05) is 5.11 Å². The molecule has 1 aromatic heterocycles. The average molecular weight is 404 g/mol. The SMILES string of the molecule is CC1(C)O[C@@H]2[C@H](O1)[C@@H](C(O)N=[N+]=[N-])O[C@H]2n1cc(Br)c(=O)[nH]c1=O. The van der Waals surface area contributed by atoms with Gasteiger partial charge in [-0.2, -0.15) is 0 Å². The highest BCUT2D eigenvalue weighted by molar-refractivity contribution is 9.10. The summed E-state index contributed by atoms with van der Waals surface area (Å²) in [4.78, 5) is 28.3. The van der Waals surface area contributed by atoms with Crippen molar-refractivity contribution < 1.29 is 19.3 Å². The van der Waals surface area contributed by atoms with Crippen LogP contribution in [0.15, 0.2) is 25.4 Å². The second-order valence-electron chi connectivity index (χ2n) is 5.82. The number of aliphatic hydroxyl groups excluding tert-OH is 1. The molecule has 1 aromatic rings. The van der Waals surface area contributed by atoms with Crippen molar-refractivity contribution in [3.63, 3.8) is 0 Å². The van der Waals surface area contributed by atoms with E-state index in [1.54, 1.807) is 13.8 Å². The van der Waals surface area contributed by atoms with Crippen LogP contribution in [-0.2, 0) is 14.2 Å². The first-order chi connectivity index (χ1) is 11.2. The summed E-state index contributed by atoms with van der Waals surface area (Å²) in [6, 6.07) is 0. The standard InChI is InChI=1S/C12H14BrN5O6/c1-12(2)23-5-6(9(20)16-17-14)22-10(7(5)24-12)18-3-4(13)8(19)15-11(18)21/h3,5-7,9-10,20H,1-2H3,(H,15,19,21)/t5-,6+,7-,9?,10-/m1/s1. The third-order valence-corrected chi connectivity index (χ3v) is 4.29. The van der Waals surface area contributed by atoms with Crippen molar-refractivity contribution in [2.45, 2.75) is 50.4 Å². The molecule has 0 bridgehead atoms. The highest BCUT2D eigenvalue weighted by atomic mass is 79.9. The van der Waals surface area contributed by atoms with Crippen LogP contribution < -0.4 is 11.2 Å². The lowest BCUT2D eigenvalue weighted by Gasteiger charge is -2.25. The number of rotatable bonds is 3. The zero-order valence-corrected chi connectivity index (χ0v) is 14.2. The number of nitrogens with one attached hydrogen (secondary N) is 1. The van der Waals surface area contributed by atoms with Gasteiger partial charge in [-0.25, -0.2) is 4.79 Å². The van der Waals surface area contributed by atoms with Crippen molar-refractivity contribution >= 4 is 15.9 Å². The summed E-state index contributed by atoms with van der Waals surface area (Å²) in [5, 5.41) is 13.2. The van der Waals surface area contributed by atoms with E-state index in [0.717, 1.165) is 4.57 Å². The van der Waals surface area contributed by atoms with Crippen LogP contribution in [0.25, 0.3) is 10.4 Å². The Bertz CT molecular complexity index is 815. The van der Waals surface area contributed by atoms with Gasteiger partial charge in [0.1, 0.15) is 18.3 Å². The topological polar surface area (TPSA) is 152 Å². The molecule has 2 aliphatic heterocycles. The Morgan fingerprint density at radius 2 is 2.12 bits per heavy atom. The van der Waals surface area contributed by atoms with Crippen LogP contribution in [0.2, 0.25) is 0 Å². The maximum absolute atomic E-state index is 12.1. The molecule has 0 aromatic carbocycles.